The van der Waals surface area contributed by atoms with E-state index in [1.54, 1.807) is 0 Å². The van der Waals surface area contributed by atoms with Gasteiger partial charge in [0.15, 0.2) is 0 Å². The van der Waals surface area contributed by atoms with Gasteiger partial charge in [-0.15, -0.1) is 45.8 Å². The Bertz CT molecular complexity index is 488. The fourth-order valence-corrected chi connectivity index (χ4v) is 5.42. The monoisotopic (exact) mass is 628 g/mol. The number of piperidine rings is 3. The summed E-state index contributed by atoms with van der Waals surface area (Å²) in [6.45, 7) is 16.7. The van der Waals surface area contributed by atoms with Crippen LogP contribution in [0.25, 0.3) is 21.3 Å². The Balaban J connectivity index is 0.000000477. The summed E-state index contributed by atoms with van der Waals surface area (Å²) in [6, 6.07) is 0. The van der Waals surface area contributed by atoms with Crippen molar-refractivity contribution in [2.45, 2.75) is 118 Å². The number of rotatable bonds is 8. The Morgan fingerprint density at radius 3 is 1.26 bits per heavy atom. The zero-order valence-corrected chi connectivity index (χ0v) is 28.2. The molecule has 0 aromatic heterocycles. The molecule has 3 fully saturated rings. The molecule has 0 aliphatic carbocycles. The second-order valence-electron chi connectivity index (χ2n) is 11.0. The molecule has 3 saturated heterocycles. The first kappa shape index (κ1) is 39.2. The number of hydrogen-bond donors (Lipinski definition) is 0. The van der Waals surface area contributed by atoms with Crippen molar-refractivity contribution in [3.63, 3.8) is 0 Å². The van der Waals surface area contributed by atoms with Crippen molar-refractivity contribution in [2.24, 2.45) is 17.8 Å². The van der Waals surface area contributed by atoms with Gasteiger partial charge in [-0.1, -0.05) is 129 Å². The van der Waals surface area contributed by atoms with E-state index in [4.69, 9.17) is 20.4 Å². The van der Waals surface area contributed by atoms with E-state index in [2.05, 4.69) is 61.1 Å². The third-order valence-electron chi connectivity index (χ3n) is 7.66. The molecule has 236 valence electrons. The summed E-state index contributed by atoms with van der Waals surface area (Å²) in [4.78, 5) is 0. The average Bonchev–Trinajstić information content (AvgIpc) is 2.98. The predicted octanol–water partition coefficient (Wildman–Crippen LogP) is 11.7. The molecule has 39 heavy (non-hydrogen) atoms. The molecule has 4 heterocycles. The van der Waals surface area contributed by atoms with E-state index in [1.807, 2.05) is 6.20 Å². The van der Waals surface area contributed by atoms with Crippen molar-refractivity contribution in [3.05, 3.63) is 45.2 Å². The van der Waals surface area contributed by atoms with Gasteiger partial charge in [0.1, 0.15) is 0 Å². The quantitative estimate of drug-likeness (QED) is 0.240. The molecular weight excluding hydrogens is 570 g/mol. The summed E-state index contributed by atoms with van der Waals surface area (Å²) in [5.41, 5.74) is 1.44. The van der Waals surface area contributed by atoms with Crippen LogP contribution in [0, 0.1) is 17.8 Å². The molecular formula is C32H60Cl2N4Ni-4. The van der Waals surface area contributed by atoms with Gasteiger partial charge in [-0.05, 0) is 24.2 Å². The standard InChI is InChI=1S/3C8H16N.C8H12N.2ClH.Ni/c4*1-2-3-8-4-6-9-7-5-8;;;/h3*8H,2-7H2,1H3;4-6H,2-3,7H2,1H3;2*1H;/q4*-1;;;+2/p-2. The zero-order valence-electron chi connectivity index (χ0n) is 25.7. The minimum absolute atomic E-state index is 0.569. The molecule has 4 aliphatic rings. The van der Waals surface area contributed by atoms with Crippen LogP contribution in [0.4, 0.5) is 0 Å². The van der Waals surface area contributed by atoms with Crippen LogP contribution in [0.1, 0.15) is 118 Å². The number of nitrogens with zero attached hydrogens (tertiary/aromatic N) is 4. The van der Waals surface area contributed by atoms with Crippen LogP contribution in [0.15, 0.2) is 23.9 Å². The van der Waals surface area contributed by atoms with Crippen LogP contribution in [0.2, 0.25) is 0 Å². The summed E-state index contributed by atoms with van der Waals surface area (Å²) < 4.78 is 0. The Morgan fingerprint density at radius 2 is 1.00 bits per heavy atom. The zero-order chi connectivity index (χ0) is 28.8. The van der Waals surface area contributed by atoms with Gasteiger partial charge in [-0.2, -0.15) is 6.20 Å². The maximum atomic E-state index is 4.70. The van der Waals surface area contributed by atoms with E-state index in [9.17, 15) is 0 Å². The van der Waals surface area contributed by atoms with Gasteiger partial charge in [0, 0.05) is 0 Å². The van der Waals surface area contributed by atoms with Gasteiger partial charge in [-0.25, -0.2) is 0 Å². The first-order valence-electron chi connectivity index (χ1n) is 15.9. The first-order chi connectivity index (χ1) is 19.1. The van der Waals surface area contributed by atoms with Gasteiger partial charge in [0.25, 0.3) is 0 Å². The molecule has 0 aromatic carbocycles. The molecule has 0 bridgehead atoms. The fraction of sp³-hybridized carbons (Fsp3) is 0.875. The number of halogens is 2. The second-order valence-corrected chi connectivity index (χ2v) is 12.6. The summed E-state index contributed by atoms with van der Waals surface area (Å²) in [6.07, 6.45) is 25.1. The first-order valence-corrected chi connectivity index (χ1v) is 18.6. The Morgan fingerprint density at radius 1 is 0.641 bits per heavy atom. The molecule has 0 atom stereocenters. The molecule has 0 aromatic rings. The van der Waals surface area contributed by atoms with E-state index >= 15 is 0 Å². The summed E-state index contributed by atoms with van der Waals surface area (Å²) in [5, 5.41) is 17.0. The normalized spacial score (nSPS) is 19.9. The van der Waals surface area contributed by atoms with Gasteiger partial charge in [0.05, 0.1) is 0 Å². The van der Waals surface area contributed by atoms with E-state index < -0.39 is 0 Å². The minimum atomic E-state index is 0.569. The van der Waals surface area contributed by atoms with E-state index in [1.165, 1.54) is 95.5 Å². The van der Waals surface area contributed by atoms with Crippen LogP contribution in [-0.4, -0.2) is 45.8 Å². The SMILES string of the molecule is CCCC1=CC[N-]C=C1.CCCC1CC[N-]CC1.CCCC1CC[N-]CC1.CCCC1CC[N-]CC1.[Cl][Ni][Cl]. The Hall–Kier alpha value is 0.234. The van der Waals surface area contributed by atoms with E-state index in [0.29, 0.717) is 12.7 Å². The summed E-state index contributed by atoms with van der Waals surface area (Å²) in [5.74, 6) is 3.02. The molecule has 7 heteroatoms. The predicted molar refractivity (Wildman–Crippen MR) is 174 cm³/mol. The topological polar surface area (TPSA) is 56.4 Å². The Labute approximate surface area is 258 Å². The molecule has 0 saturated carbocycles. The van der Waals surface area contributed by atoms with Gasteiger partial charge in [-0.3, -0.25) is 0 Å². The molecule has 0 unspecified atom stereocenters. The molecule has 0 N–H and O–H groups in total. The number of hydrogen-bond acceptors (Lipinski definition) is 0. The van der Waals surface area contributed by atoms with Crippen LogP contribution in [-0.2, 0) is 12.7 Å². The van der Waals surface area contributed by atoms with Crippen molar-refractivity contribution in [2.75, 3.05) is 45.8 Å². The third-order valence-corrected chi connectivity index (χ3v) is 7.66. The van der Waals surface area contributed by atoms with Crippen molar-refractivity contribution >= 4 is 20.4 Å². The van der Waals surface area contributed by atoms with Crippen molar-refractivity contribution in [1.29, 1.82) is 0 Å². The summed E-state index contributed by atoms with van der Waals surface area (Å²) in [7, 11) is 9.40. The maximum absolute atomic E-state index is 4.70. The van der Waals surface area contributed by atoms with Crippen LogP contribution in [0.3, 0.4) is 0 Å². The Kier molecular flexibility index (Phi) is 31.4. The second kappa shape index (κ2) is 31.2. The van der Waals surface area contributed by atoms with Crippen molar-refractivity contribution in [1.82, 2.24) is 0 Å². The summed E-state index contributed by atoms with van der Waals surface area (Å²) >= 11 is 0.569. The van der Waals surface area contributed by atoms with E-state index in [0.717, 1.165) is 63.6 Å². The van der Waals surface area contributed by atoms with Crippen LogP contribution in [0.5, 0.6) is 0 Å². The van der Waals surface area contributed by atoms with Crippen LogP contribution < -0.4 is 0 Å². The average molecular weight is 630 g/mol. The van der Waals surface area contributed by atoms with Gasteiger partial charge in [0.2, 0.25) is 0 Å². The molecule has 4 nitrogen and oxygen atoms in total. The van der Waals surface area contributed by atoms with Crippen molar-refractivity contribution in [3.8, 4) is 0 Å². The fourth-order valence-electron chi connectivity index (χ4n) is 5.42. The molecule has 4 rings (SSSR count). The van der Waals surface area contributed by atoms with Gasteiger partial charge < -0.3 is 21.3 Å². The molecule has 4 aliphatic heterocycles. The molecule has 0 radical (unpaired) electrons. The third kappa shape index (κ3) is 25.7. The van der Waals surface area contributed by atoms with E-state index in [-0.39, 0.29) is 0 Å². The number of allylic oxidation sites excluding steroid dienone is 2. The van der Waals surface area contributed by atoms with Crippen molar-refractivity contribution < 1.29 is 12.7 Å². The van der Waals surface area contributed by atoms with Gasteiger partial charge >= 0.3 is 33.0 Å². The van der Waals surface area contributed by atoms with Crippen LogP contribution >= 0.6 is 20.4 Å². The molecule has 0 spiro atoms. The molecule has 0 amide bonds.